The van der Waals surface area contributed by atoms with Crippen molar-refractivity contribution in [2.24, 2.45) is 0 Å². The van der Waals surface area contributed by atoms with Crippen molar-refractivity contribution in [3.63, 3.8) is 0 Å². The van der Waals surface area contributed by atoms with E-state index in [-0.39, 0.29) is 5.91 Å². The molecule has 3 nitrogen and oxygen atoms in total. The molecule has 20 heavy (non-hydrogen) atoms. The maximum absolute atomic E-state index is 12.5. The summed E-state index contributed by atoms with van der Waals surface area (Å²) in [6.07, 6.45) is 1.98. The van der Waals surface area contributed by atoms with E-state index in [0.717, 1.165) is 16.0 Å². The zero-order valence-electron chi connectivity index (χ0n) is 11.7. The van der Waals surface area contributed by atoms with Crippen LogP contribution in [0.5, 0.6) is 0 Å². The van der Waals surface area contributed by atoms with Crippen LogP contribution in [-0.2, 0) is 6.54 Å². The number of amides is 1. The number of thioether (sulfide) groups is 1. The Morgan fingerprint density at radius 1 is 1.20 bits per heavy atom. The summed E-state index contributed by atoms with van der Waals surface area (Å²) >= 11 is 1.58. The molecule has 0 saturated carbocycles. The molecular formula is C16H18N2OS. The van der Waals surface area contributed by atoms with Crippen LogP contribution in [0.15, 0.2) is 53.4 Å². The SMILES string of the molecule is CSc1ccccc1C(=O)N(C)Cc1cccc(N)c1. The first-order valence-electron chi connectivity index (χ1n) is 6.34. The number of carbonyl (C=O) groups is 1. The Hall–Kier alpha value is -1.94. The van der Waals surface area contributed by atoms with Gasteiger partial charge in [0.2, 0.25) is 0 Å². The number of carbonyl (C=O) groups excluding carboxylic acids is 1. The summed E-state index contributed by atoms with van der Waals surface area (Å²) in [6, 6.07) is 15.3. The van der Waals surface area contributed by atoms with E-state index in [1.807, 2.05) is 61.8 Å². The van der Waals surface area contributed by atoms with Crippen LogP contribution in [-0.4, -0.2) is 24.1 Å². The fraction of sp³-hybridized carbons (Fsp3) is 0.188. The molecule has 2 N–H and O–H groups in total. The summed E-state index contributed by atoms with van der Waals surface area (Å²) in [4.78, 5) is 15.2. The zero-order valence-corrected chi connectivity index (χ0v) is 12.5. The van der Waals surface area contributed by atoms with Gasteiger partial charge in [-0.15, -0.1) is 11.8 Å². The molecule has 0 unspecified atom stereocenters. The minimum atomic E-state index is 0.0253. The number of anilines is 1. The lowest BCUT2D eigenvalue weighted by molar-refractivity contribution is 0.0781. The van der Waals surface area contributed by atoms with Crippen LogP contribution in [0.4, 0.5) is 5.69 Å². The molecular weight excluding hydrogens is 268 g/mol. The Kier molecular flexibility index (Phi) is 4.69. The number of rotatable bonds is 4. The van der Waals surface area contributed by atoms with Gasteiger partial charge in [-0.3, -0.25) is 4.79 Å². The molecule has 1 amide bonds. The molecule has 0 saturated heterocycles. The van der Waals surface area contributed by atoms with Gasteiger partial charge < -0.3 is 10.6 Å². The average Bonchev–Trinajstić information content (AvgIpc) is 2.46. The third kappa shape index (κ3) is 3.33. The minimum Gasteiger partial charge on any atom is -0.399 e. The highest BCUT2D eigenvalue weighted by atomic mass is 32.2. The predicted molar refractivity (Wildman–Crippen MR) is 84.9 cm³/mol. The number of hydrogen-bond donors (Lipinski definition) is 1. The molecule has 0 fully saturated rings. The van der Waals surface area contributed by atoms with Crippen molar-refractivity contribution in [3.8, 4) is 0 Å². The van der Waals surface area contributed by atoms with Gasteiger partial charge in [0, 0.05) is 24.2 Å². The smallest absolute Gasteiger partial charge is 0.255 e. The van der Waals surface area contributed by atoms with Crippen LogP contribution in [0.3, 0.4) is 0 Å². The lowest BCUT2D eigenvalue weighted by Crippen LogP contribution is -2.26. The second-order valence-electron chi connectivity index (χ2n) is 4.61. The fourth-order valence-electron chi connectivity index (χ4n) is 2.06. The van der Waals surface area contributed by atoms with Gasteiger partial charge in [-0.2, -0.15) is 0 Å². The number of nitrogen functional groups attached to an aromatic ring is 1. The van der Waals surface area contributed by atoms with Crippen molar-refractivity contribution in [2.75, 3.05) is 19.0 Å². The molecule has 2 rings (SSSR count). The zero-order chi connectivity index (χ0) is 14.5. The number of nitrogens with zero attached hydrogens (tertiary/aromatic N) is 1. The van der Waals surface area contributed by atoms with Crippen molar-refractivity contribution in [3.05, 3.63) is 59.7 Å². The van der Waals surface area contributed by atoms with Crippen molar-refractivity contribution >= 4 is 23.4 Å². The highest BCUT2D eigenvalue weighted by molar-refractivity contribution is 7.98. The van der Waals surface area contributed by atoms with Crippen molar-refractivity contribution < 1.29 is 4.79 Å². The standard InChI is InChI=1S/C16H18N2OS/c1-18(11-12-6-5-7-13(17)10-12)16(19)14-8-3-4-9-15(14)20-2/h3-10H,11,17H2,1-2H3. The summed E-state index contributed by atoms with van der Waals surface area (Å²) in [7, 11) is 1.81. The normalized spacial score (nSPS) is 10.3. The second-order valence-corrected chi connectivity index (χ2v) is 5.45. The Morgan fingerprint density at radius 2 is 1.95 bits per heavy atom. The Labute approximate surface area is 123 Å². The largest absolute Gasteiger partial charge is 0.399 e. The average molecular weight is 286 g/mol. The monoisotopic (exact) mass is 286 g/mol. The Morgan fingerprint density at radius 3 is 2.65 bits per heavy atom. The molecule has 0 aliphatic rings. The van der Waals surface area contributed by atoms with Crippen LogP contribution in [0.1, 0.15) is 15.9 Å². The third-order valence-corrected chi connectivity index (χ3v) is 3.85. The maximum atomic E-state index is 12.5. The van der Waals surface area contributed by atoms with E-state index in [1.54, 1.807) is 16.7 Å². The van der Waals surface area contributed by atoms with Gasteiger partial charge in [-0.1, -0.05) is 24.3 Å². The molecule has 4 heteroatoms. The van der Waals surface area contributed by atoms with Gasteiger partial charge in [0.05, 0.1) is 5.56 Å². The highest BCUT2D eigenvalue weighted by Crippen LogP contribution is 2.21. The van der Waals surface area contributed by atoms with Crippen LogP contribution < -0.4 is 5.73 Å². The van der Waals surface area contributed by atoms with Gasteiger partial charge in [0.15, 0.2) is 0 Å². The molecule has 0 bridgehead atoms. The quantitative estimate of drug-likeness (QED) is 0.693. The first kappa shape index (κ1) is 14.5. The first-order valence-corrected chi connectivity index (χ1v) is 7.57. The van der Waals surface area contributed by atoms with Crippen LogP contribution in [0.2, 0.25) is 0 Å². The van der Waals surface area contributed by atoms with Gasteiger partial charge in [-0.05, 0) is 36.1 Å². The predicted octanol–water partition coefficient (Wildman–Crippen LogP) is 3.26. The summed E-state index contributed by atoms with van der Waals surface area (Å²) < 4.78 is 0. The Bertz CT molecular complexity index is 613. The van der Waals surface area contributed by atoms with Gasteiger partial charge in [0.1, 0.15) is 0 Å². The number of benzene rings is 2. The van der Waals surface area contributed by atoms with E-state index >= 15 is 0 Å². The highest BCUT2D eigenvalue weighted by Gasteiger charge is 2.15. The topological polar surface area (TPSA) is 46.3 Å². The van der Waals surface area contributed by atoms with Crippen molar-refractivity contribution in [2.45, 2.75) is 11.4 Å². The van der Waals surface area contributed by atoms with Crippen LogP contribution in [0, 0.1) is 0 Å². The fourth-order valence-corrected chi connectivity index (χ4v) is 2.65. The first-order chi connectivity index (χ1) is 9.61. The molecule has 104 valence electrons. The third-order valence-electron chi connectivity index (χ3n) is 3.05. The van der Waals surface area contributed by atoms with Crippen molar-refractivity contribution in [1.82, 2.24) is 4.90 Å². The lowest BCUT2D eigenvalue weighted by atomic mass is 10.1. The minimum absolute atomic E-state index is 0.0253. The number of nitrogens with two attached hydrogens (primary N) is 1. The summed E-state index contributed by atoms with van der Waals surface area (Å²) in [5, 5.41) is 0. The summed E-state index contributed by atoms with van der Waals surface area (Å²) in [5.41, 5.74) is 8.25. The number of hydrogen-bond acceptors (Lipinski definition) is 3. The van der Waals surface area contributed by atoms with E-state index in [4.69, 9.17) is 5.73 Å². The molecule has 2 aromatic carbocycles. The molecule has 0 aliphatic heterocycles. The van der Waals surface area contributed by atoms with Gasteiger partial charge in [-0.25, -0.2) is 0 Å². The second kappa shape index (κ2) is 6.48. The summed E-state index contributed by atoms with van der Waals surface area (Å²) in [5.74, 6) is 0.0253. The van der Waals surface area contributed by atoms with E-state index in [1.165, 1.54) is 0 Å². The molecule has 0 aliphatic carbocycles. The Balaban J connectivity index is 2.16. The van der Waals surface area contributed by atoms with Gasteiger partial charge in [0.25, 0.3) is 5.91 Å². The molecule has 0 aromatic heterocycles. The molecule has 2 aromatic rings. The lowest BCUT2D eigenvalue weighted by Gasteiger charge is -2.19. The maximum Gasteiger partial charge on any atom is 0.255 e. The molecule has 0 atom stereocenters. The molecule has 0 heterocycles. The van der Waals surface area contributed by atoms with E-state index in [0.29, 0.717) is 12.2 Å². The van der Waals surface area contributed by atoms with Crippen molar-refractivity contribution in [1.29, 1.82) is 0 Å². The molecule has 0 radical (unpaired) electrons. The van der Waals surface area contributed by atoms with E-state index in [9.17, 15) is 4.79 Å². The van der Waals surface area contributed by atoms with Crippen LogP contribution >= 0.6 is 11.8 Å². The molecule has 0 spiro atoms. The van der Waals surface area contributed by atoms with Gasteiger partial charge >= 0.3 is 0 Å². The van der Waals surface area contributed by atoms with E-state index < -0.39 is 0 Å². The summed E-state index contributed by atoms with van der Waals surface area (Å²) in [6.45, 7) is 0.548. The van der Waals surface area contributed by atoms with E-state index in [2.05, 4.69) is 0 Å². The van der Waals surface area contributed by atoms with Crippen LogP contribution in [0.25, 0.3) is 0 Å².